The molecule has 3 N–H and O–H groups in total. The van der Waals surface area contributed by atoms with Crippen molar-refractivity contribution in [1.29, 1.82) is 0 Å². The van der Waals surface area contributed by atoms with E-state index in [4.69, 9.17) is 9.47 Å². The molecular formula is C13H18N4O3. The molecule has 0 unspecified atom stereocenters. The minimum Gasteiger partial charge on any atom is -0.494 e. The summed E-state index contributed by atoms with van der Waals surface area (Å²) in [5.74, 6) is 0.788. The maximum absolute atomic E-state index is 11.7. The highest BCUT2D eigenvalue weighted by Gasteiger charge is 2.14. The highest BCUT2D eigenvalue weighted by Crippen LogP contribution is 2.19. The van der Waals surface area contributed by atoms with Crippen LogP contribution in [0, 0.1) is 0 Å². The van der Waals surface area contributed by atoms with Crippen LogP contribution in [0.25, 0.3) is 0 Å². The number of hydrogen-bond donors (Lipinski definition) is 3. The molecule has 0 amide bonds. The predicted octanol–water partition coefficient (Wildman–Crippen LogP) is 0.926. The Morgan fingerprint density at radius 3 is 2.85 bits per heavy atom. The number of nitrogens with zero attached hydrogens (tertiary/aromatic N) is 1. The van der Waals surface area contributed by atoms with Gasteiger partial charge in [0.15, 0.2) is 5.84 Å². The van der Waals surface area contributed by atoms with Crippen molar-refractivity contribution in [2.24, 2.45) is 5.10 Å². The highest BCUT2D eigenvalue weighted by molar-refractivity contribution is 6.01. The topological polar surface area (TPSA) is 84.0 Å². The quantitative estimate of drug-likeness (QED) is 0.530. The molecule has 1 aromatic rings. The Morgan fingerprint density at radius 2 is 2.20 bits per heavy atom. The summed E-state index contributed by atoms with van der Waals surface area (Å²) >= 11 is 0. The summed E-state index contributed by atoms with van der Waals surface area (Å²) < 4.78 is 10.4. The normalized spacial score (nSPS) is 13.2. The Bertz CT molecular complexity index is 516. The van der Waals surface area contributed by atoms with Crippen LogP contribution in [-0.2, 0) is 4.74 Å². The summed E-state index contributed by atoms with van der Waals surface area (Å²) in [4.78, 5) is 11.7. The lowest BCUT2D eigenvalue weighted by atomic mass is 10.1. The Morgan fingerprint density at radius 1 is 1.35 bits per heavy atom. The minimum absolute atomic E-state index is 0.410. The van der Waals surface area contributed by atoms with E-state index in [1.54, 1.807) is 12.1 Å². The molecule has 0 spiro atoms. The molecule has 0 saturated carbocycles. The third kappa shape index (κ3) is 3.39. The van der Waals surface area contributed by atoms with Crippen LogP contribution in [0.15, 0.2) is 23.3 Å². The minimum atomic E-state index is -0.410. The van der Waals surface area contributed by atoms with Gasteiger partial charge >= 0.3 is 5.97 Å². The van der Waals surface area contributed by atoms with Crippen molar-refractivity contribution in [3.63, 3.8) is 0 Å². The molecule has 7 nitrogen and oxygen atoms in total. The molecule has 2 rings (SSSR count). The molecule has 0 bridgehead atoms. The summed E-state index contributed by atoms with van der Waals surface area (Å²) in [6.45, 7) is 2.70. The van der Waals surface area contributed by atoms with E-state index in [2.05, 4.69) is 28.5 Å². The van der Waals surface area contributed by atoms with E-state index in [0.717, 1.165) is 18.4 Å². The monoisotopic (exact) mass is 278 g/mol. The standard InChI is InChI=1S/C13H18N4O3/c1-3-4-5-20-11-7-9(12-14-16-17-15-12)6-10(8-11)13(18)19-2/h6-8,16-17H,3-5H2,1-2H3,(H,14,15). The summed E-state index contributed by atoms with van der Waals surface area (Å²) in [6.07, 6.45) is 2.01. The van der Waals surface area contributed by atoms with Gasteiger partial charge in [0.1, 0.15) is 5.75 Å². The van der Waals surface area contributed by atoms with E-state index in [-0.39, 0.29) is 0 Å². The van der Waals surface area contributed by atoms with Gasteiger partial charge in [-0.25, -0.2) is 10.3 Å². The largest absolute Gasteiger partial charge is 0.494 e. The first-order chi connectivity index (χ1) is 9.74. The van der Waals surface area contributed by atoms with Gasteiger partial charge < -0.3 is 9.47 Å². The summed E-state index contributed by atoms with van der Waals surface area (Å²) in [6, 6.07) is 5.18. The van der Waals surface area contributed by atoms with Crippen molar-refractivity contribution in [2.75, 3.05) is 13.7 Å². The Balaban J connectivity index is 2.26. The van der Waals surface area contributed by atoms with E-state index in [0.29, 0.717) is 23.8 Å². The molecule has 0 atom stereocenters. The lowest BCUT2D eigenvalue weighted by molar-refractivity contribution is 0.0600. The summed E-state index contributed by atoms with van der Waals surface area (Å²) in [5, 5.41) is 4.01. The second kappa shape index (κ2) is 6.76. The van der Waals surface area contributed by atoms with Gasteiger partial charge in [0, 0.05) is 5.56 Å². The van der Waals surface area contributed by atoms with E-state index in [9.17, 15) is 4.79 Å². The zero-order valence-corrected chi connectivity index (χ0v) is 11.5. The van der Waals surface area contributed by atoms with Crippen LogP contribution in [0.3, 0.4) is 0 Å². The van der Waals surface area contributed by atoms with Crippen LogP contribution in [0.2, 0.25) is 0 Å². The molecule has 0 aromatic heterocycles. The summed E-state index contributed by atoms with van der Waals surface area (Å²) in [7, 11) is 1.35. The molecular weight excluding hydrogens is 260 g/mol. The number of amidine groups is 1. The zero-order valence-electron chi connectivity index (χ0n) is 11.5. The van der Waals surface area contributed by atoms with Crippen LogP contribution in [0.4, 0.5) is 0 Å². The number of ether oxygens (including phenoxy) is 2. The number of hydrazone groups is 1. The number of unbranched alkanes of at least 4 members (excludes halogenated alkanes) is 1. The van der Waals surface area contributed by atoms with E-state index < -0.39 is 5.97 Å². The number of hydrogen-bond acceptors (Lipinski definition) is 7. The third-order valence-corrected chi connectivity index (χ3v) is 2.77. The maximum atomic E-state index is 11.7. The molecule has 7 heteroatoms. The van der Waals surface area contributed by atoms with E-state index >= 15 is 0 Å². The van der Waals surface area contributed by atoms with Crippen molar-refractivity contribution in [3.05, 3.63) is 29.3 Å². The number of carbonyl (C=O) groups is 1. The molecule has 1 aliphatic rings. The lowest BCUT2D eigenvalue weighted by Crippen LogP contribution is -2.35. The maximum Gasteiger partial charge on any atom is 0.338 e. The molecule has 0 aliphatic carbocycles. The first-order valence-electron chi connectivity index (χ1n) is 6.45. The molecule has 0 fully saturated rings. The van der Waals surface area contributed by atoms with Crippen LogP contribution < -0.4 is 21.2 Å². The van der Waals surface area contributed by atoms with E-state index in [1.807, 2.05) is 6.07 Å². The number of rotatable bonds is 6. The Hall–Kier alpha value is -2.28. The molecule has 1 aliphatic heterocycles. The lowest BCUT2D eigenvalue weighted by Gasteiger charge is -2.10. The Kier molecular flexibility index (Phi) is 4.78. The Labute approximate surface area is 117 Å². The molecule has 1 heterocycles. The first-order valence-corrected chi connectivity index (χ1v) is 6.45. The van der Waals surface area contributed by atoms with Gasteiger partial charge in [-0.15, -0.1) is 10.6 Å². The van der Waals surface area contributed by atoms with Gasteiger partial charge in [0.25, 0.3) is 0 Å². The molecule has 0 radical (unpaired) electrons. The molecule has 1 aromatic carbocycles. The number of hydrazine groups is 2. The average Bonchev–Trinajstić information content (AvgIpc) is 3.00. The van der Waals surface area contributed by atoms with Crippen molar-refractivity contribution in [2.45, 2.75) is 19.8 Å². The van der Waals surface area contributed by atoms with E-state index in [1.165, 1.54) is 7.11 Å². The first kappa shape index (κ1) is 14.1. The van der Waals surface area contributed by atoms with Gasteiger partial charge in [-0.05, 0) is 24.6 Å². The smallest absolute Gasteiger partial charge is 0.338 e. The number of nitrogens with one attached hydrogen (secondary N) is 3. The van der Waals surface area contributed by atoms with Crippen molar-refractivity contribution >= 4 is 11.8 Å². The van der Waals surface area contributed by atoms with Crippen LogP contribution in [-0.4, -0.2) is 25.5 Å². The van der Waals surface area contributed by atoms with Crippen molar-refractivity contribution in [1.82, 2.24) is 16.5 Å². The molecule has 108 valence electrons. The van der Waals surface area contributed by atoms with Gasteiger partial charge in [-0.2, -0.15) is 0 Å². The average molecular weight is 278 g/mol. The molecule has 0 saturated heterocycles. The van der Waals surface area contributed by atoms with Gasteiger partial charge in [0.2, 0.25) is 0 Å². The number of carbonyl (C=O) groups excluding carboxylic acids is 1. The zero-order chi connectivity index (χ0) is 14.4. The number of methoxy groups -OCH3 is 1. The fourth-order valence-electron chi connectivity index (χ4n) is 1.72. The van der Waals surface area contributed by atoms with Crippen LogP contribution in [0.5, 0.6) is 5.75 Å². The third-order valence-electron chi connectivity index (χ3n) is 2.77. The van der Waals surface area contributed by atoms with Crippen LogP contribution >= 0.6 is 0 Å². The number of esters is 1. The highest BCUT2D eigenvalue weighted by atomic mass is 16.5. The second-order valence-electron chi connectivity index (χ2n) is 4.26. The summed E-state index contributed by atoms with van der Waals surface area (Å²) in [5.41, 5.74) is 9.21. The van der Waals surface area contributed by atoms with Crippen molar-refractivity contribution < 1.29 is 14.3 Å². The SMILES string of the molecule is CCCCOc1cc(C(=O)OC)cc(C2=NNNN2)c1. The van der Waals surface area contributed by atoms with Crippen LogP contribution in [0.1, 0.15) is 35.7 Å². The van der Waals surface area contributed by atoms with Crippen molar-refractivity contribution in [3.8, 4) is 5.75 Å². The fourth-order valence-corrected chi connectivity index (χ4v) is 1.72. The fraction of sp³-hybridized carbons (Fsp3) is 0.385. The second-order valence-corrected chi connectivity index (χ2v) is 4.26. The van der Waals surface area contributed by atoms with Gasteiger partial charge in [-0.1, -0.05) is 13.3 Å². The van der Waals surface area contributed by atoms with Gasteiger partial charge in [0.05, 0.1) is 19.3 Å². The molecule has 20 heavy (non-hydrogen) atoms. The predicted molar refractivity (Wildman–Crippen MR) is 74.1 cm³/mol. The van der Waals surface area contributed by atoms with Gasteiger partial charge in [-0.3, -0.25) is 5.43 Å². The number of benzene rings is 1.